The molecule has 1 aromatic rings. The average molecular weight is 267 g/mol. The smallest absolute Gasteiger partial charge is 0.162 e. The van der Waals surface area contributed by atoms with Gasteiger partial charge in [0.05, 0.1) is 0 Å². The van der Waals surface area contributed by atoms with Crippen molar-refractivity contribution in [3.8, 4) is 0 Å². The van der Waals surface area contributed by atoms with E-state index in [0.717, 1.165) is 25.8 Å². The van der Waals surface area contributed by atoms with Crippen LogP contribution in [-0.4, -0.2) is 12.1 Å². The molecule has 1 N–H and O–H groups in total. The summed E-state index contributed by atoms with van der Waals surface area (Å²) in [6.45, 7) is 7.24. The second-order valence-corrected chi connectivity index (χ2v) is 6.57. The van der Waals surface area contributed by atoms with Gasteiger partial charge in [0.2, 0.25) is 0 Å². The van der Waals surface area contributed by atoms with Crippen molar-refractivity contribution in [2.24, 2.45) is 5.92 Å². The van der Waals surface area contributed by atoms with Crippen LogP contribution in [0.3, 0.4) is 0 Å². The SMILES string of the molecule is CC(C)(C)NCC1CCCC1c1cccc(F)c1F. The number of rotatable bonds is 3. The van der Waals surface area contributed by atoms with E-state index in [1.54, 1.807) is 12.1 Å². The van der Waals surface area contributed by atoms with Crippen LogP contribution in [0.2, 0.25) is 0 Å². The minimum Gasteiger partial charge on any atom is -0.312 e. The number of nitrogens with one attached hydrogen (secondary N) is 1. The first-order valence-electron chi connectivity index (χ1n) is 7.07. The maximum absolute atomic E-state index is 13.9. The molecule has 19 heavy (non-hydrogen) atoms. The van der Waals surface area contributed by atoms with Crippen LogP contribution in [0.15, 0.2) is 18.2 Å². The molecule has 2 rings (SSSR count). The first-order chi connectivity index (χ1) is 8.88. The number of benzene rings is 1. The number of hydrogen-bond donors (Lipinski definition) is 1. The lowest BCUT2D eigenvalue weighted by atomic mass is 9.88. The van der Waals surface area contributed by atoms with Gasteiger partial charge in [-0.25, -0.2) is 8.78 Å². The summed E-state index contributed by atoms with van der Waals surface area (Å²) in [6, 6.07) is 4.54. The van der Waals surface area contributed by atoms with Crippen molar-refractivity contribution < 1.29 is 8.78 Å². The van der Waals surface area contributed by atoms with Gasteiger partial charge in [0.15, 0.2) is 11.6 Å². The third-order valence-corrected chi connectivity index (χ3v) is 3.93. The zero-order valence-corrected chi connectivity index (χ0v) is 12.0. The fourth-order valence-corrected chi connectivity index (χ4v) is 2.93. The Balaban J connectivity index is 2.12. The Morgan fingerprint density at radius 3 is 2.63 bits per heavy atom. The molecule has 1 saturated carbocycles. The monoisotopic (exact) mass is 267 g/mol. The topological polar surface area (TPSA) is 12.0 Å². The van der Waals surface area contributed by atoms with Crippen LogP contribution in [-0.2, 0) is 0 Å². The summed E-state index contributed by atoms with van der Waals surface area (Å²) >= 11 is 0. The zero-order valence-electron chi connectivity index (χ0n) is 12.0. The zero-order chi connectivity index (χ0) is 14.0. The average Bonchev–Trinajstić information content (AvgIpc) is 2.77. The highest BCUT2D eigenvalue weighted by molar-refractivity contribution is 5.24. The van der Waals surface area contributed by atoms with Crippen LogP contribution in [0.1, 0.15) is 51.5 Å². The van der Waals surface area contributed by atoms with Crippen molar-refractivity contribution in [2.45, 2.75) is 51.5 Å². The Hall–Kier alpha value is -0.960. The van der Waals surface area contributed by atoms with Crippen molar-refractivity contribution >= 4 is 0 Å². The summed E-state index contributed by atoms with van der Waals surface area (Å²) in [5.74, 6) is -0.844. The molecule has 0 amide bonds. The van der Waals surface area contributed by atoms with E-state index in [4.69, 9.17) is 0 Å². The quantitative estimate of drug-likeness (QED) is 0.864. The summed E-state index contributed by atoms with van der Waals surface area (Å²) < 4.78 is 27.2. The van der Waals surface area contributed by atoms with Crippen LogP contribution in [0.5, 0.6) is 0 Å². The standard InChI is InChI=1S/C16H23F2N/c1-16(2,3)19-10-11-6-4-7-12(11)13-8-5-9-14(17)15(13)18/h5,8-9,11-12,19H,4,6-7,10H2,1-3H3. The van der Waals surface area contributed by atoms with Crippen LogP contribution >= 0.6 is 0 Å². The highest BCUT2D eigenvalue weighted by atomic mass is 19.2. The Labute approximate surface area is 114 Å². The highest BCUT2D eigenvalue weighted by Crippen LogP contribution is 2.40. The van der Waals surface area contributed by atoms with Crippen LogP contribution < -0.4 is 5.32 Å². The summed E-state index contributed by atoms with van der Waals surface area (Å²) in [7, 11) is 0. The molecule has 1 fully saturated rings. The summed E-state index contributed by atoms with van der Waals surface area (Å²) in [6.07, 6.45) is 3.14. The van der Waals surface area contributed by atoms with Crippen molar-refractivity contribution in [1.29, 1.82) is 0 Å². The van der Waals surface area contributed by atoms with E-state index in [-0.39, 0.29) is 11.5 Å². The Kier molecular flexibility index (Phi) is 4.24. The molecule has 0 radical (unpaired) electrons. The van der Waals surface area contributed by atoms with E-state index in [9.17, 15) is 8.78 Å². The maximum atomic E-state index is 13.9. The molecule has 3 heteroatoms. The van der Waals surface area contributed by atoms with Gasteiger partial charge in [0, 0.05) is 5.54 Å². The molecule has 0 aliphatic heterocycles. The minimum atomic E-state index is -0.730. The fourth-order valence-electron chi connectivity index (χ4n) is 2.93. The number of hydrogen-bond acceptors (Lipinski definition) is 1. The van der Waals surface area contributed by atoms with Crippen LogP contribution in [0, 0.1) is 17.6 Å². The predicted molar refractivity (Wildman–Crippen MR) is 74.2 cm³/mol. The van der Waals surface area contributed by atoms with E-state index in [1.807, 2.05) is 0 Å². The molecule has 0 bridgehead atoms. The molecule has 2 atom stereocenters. The molecule has 0 aromatic heterocycles. The van der Waals surface area contributed by atoms with Crippen molar-refractivity contribution in [1.82, 2.24) is 5.32 Å². The van der Waals surface area contributed by atoms with Crippen LogP contribution in [0.25, 0.3) is 0 Å². The van der Waals surface area contributed by atoms with Gasteiger partial charge in [0.1, 0.15) is 0 Å². The second-order valence-electron chi connectivity index (χ2n) is 6.57. The molecular weight excluding hydrogens is 244 g/mol. The molecular formula is C16H23F2N. The van der Waals surface area contributed by atoms with Crippen molar-refractivity contribution in [3.63, 3.8) is 0 Å². The first kappa shape index (κ1) is 14.4. The van der Waals surface area contributed by atoms with Gasteiger partial charge < -0.3 is 5.32 Å². The van der Waals surface area contributed by atoms with Crippen molar-refractivity contribution in [2.75, 3.05) is 6.54 Å². The summed E-state index contributed by atoms with van der Waals surface area (Å²) in [5.41, 5.74) is 0.617. The Morgan fingerprint density at radius 1 is 1.21 bits per heavy atom. The molecule has 0 saturated heterocycles. The van der Waals surface area contributed by atoms with Gasteiger partial charge in [-0.05, 0) is 63.6 Å². The van der Waals surface area contributed by atoms with E-state index in [0.29, 0.717) is 11.5 Å². The molecule has 1 aliphatic rings. The normalized spacial score (nSPS) is 23.8. The Bertz CT molecular complexity index is 437. The summed E-state index contributed by atoms with van der Waals surface area (Å²) in [5, 5.41) is 3.48. The van der Waals surface area contributed by atoms with Crippen molar-refractivity contribution in [3.05, 3.63) is 35.4 Å². The largest absolute Gasteiger partial charge is 0.312 e. The van der Waals surface area contributed by atoms with E-state index >= 15 is 0 Å². The lowest BCUT2D eigenvalue weighted by Gasteiger charge is -2.27. The van der Waals surface area contributed by atoms with Gasteiger partial charge in [-0.2, -0.15) is 0 Å². The van der Waals surface area contributed by atoms with Gasteiger partial charge in [-0.15, -0.1) is 0 Å². The van der Waals surface area contributed by atoms with Gasteiger partial charge >= 0.3 is 0 Å². The van der Waals surface area contributed by atoms with E-state index in [1.165, 1.54) is 6.07 Å². The molecule has 2 unspecified atom stereocenters. The van der Waals surface area contributed by atoms with Crippen LogP contribution in [0.4, 0.5) is 8.78 Å². The molecule has 1 aliphatic carbocycles. The third kappa shape index (κ3) is 3.53. The lowest BCUT2D eigenvalue weighted by molar-refractivity contribution is 0.351. The van der Waals surface area contributed by atoms with E-state index < -0.39 is 11.6 Å². The molecule has 0 spiro atoms. The number of halogens is 2. The maximum Gasteiger partial charge on any atom is 0.162 e. The highest BCUT2D eigenvalue weighted by Gasteiger charge is 2.31. The minimum absolute atomic E-state index is 0.0631. The van der Waals surface area contributed by atoms with Gasteiger partial charge in [-0.1, -0.05) is 18.6 Å². The third-order valence-electron chi connectivity index (χ3n) is 3.93. The predicted octanol–water partition coefficient (Wildman–Crippen LogP) is 4.24. The Morgan fingerprint density at radius 2 is 1.95 bits per heavy atom. The second kappa shape index (κ2) is 5.58. The summed E-state index contributed by atoms with van der Waals surface area (Å²) in [4.78, 5) is 0. The van der Waals surface area contributed by atoms with E-state index in [2.05, 4.69) is 26.1 Å². The fraction of sp³-hybridized carbons (Fsp3) is 0.625. The molecule has 0 heterocycles. The first-order valence-corrected chi connectivity index (χ1v) is 7.07. The lowest BCUT2D eigenvalue weighted by Crippen LogP contribution is -2.39. The van der Waals surface area contributed by atoms with Gasteiger partial charge in [-0.3, -0.25) is 0 Å². The molecule has 1 nitrogen and oxygen atoms in total. The van der Waals surface area contributed by atoms with Gasteiger partial charge in [0.25, 0.3) is 0 Å². The molecule has 106 valence electrons. The molecule has 1 aromatic carbocycles.